The lowest BCUT2D eigenvalue weighted by Crippen LogP contribution is -2.46. The standard InChI is InChI=1S/C19H25N3O2/c23-18-14-3-4-16-17(24-12-19(16)5-8-20-9-6-19)15(14)11-22(18)13-2-1-7-21-10-13/h3-4,13,20-21H,1-2,5-12H2. The third kappa shape index (κ3) is 2.04. The molecule has 2 fully saturated rings. The Morgan fingerprint density at radius 1 is 1.17 bits per heavy atom. The molecule has 4 heterocycles. The molecule has 1 atom stereocenters. The van der Waals surface area contributed by atoms with E-state index in [2.05, 4.69) is 27.7 Å². The second-order valence-electron chi connectivity index (χ2n) is 7.72. The second-order valence-corrected chi connectivity index (χ2v) is 7.72. The van der Waals surface area contributed by atoms with Crippen molar-refractivity contribution in [2.24, 2.45) is 0 Å². The Morgan fingerprint density at radius 2 is 2.04 bits per heavy atom. The monoisotopic (exact) mass is 327 g/mol. The average Bonchev–Trinajstić information content (AvgIpc) is 3.16. The molecule has 1 aromatic carbocycles. The van der Waals surface area contributed by atoms with Crippen LogP contribution in [0.4, 0.5) is 0 Å². The van der Waals surface area contributed by atoms with Gasteiger partial charge in [0.2, 0.25) is 0 Å². The highest BCUT2D eigenvalue weighted by Gasteiger charge is 2.45. The summed E-state index contributed by atoms with van der Waals surface area (Å²) in [5.41, 5.74) is 3.52. The first-order chi connectivity index (χ1) is 11.8. The van der Waals surface area contributed by atoms with Crippen LogP contribution in [0.5, 0.6) is 5.75 Å². The van der Waals surface area contributed by atoms with Crippen LogP contribution in [0.15, 0.2) is 12.1 Å². The summed E-state index contributed by atoms with van der Waals surface area (Å²) in [4.78, 5) is 15.0. The van der Waals surface area contributed by atoms with Crippen molar-refractivity contribution < 1.29 is 9.53 Å². The first kappa shape index (κ1) is 14.7. The molecule has 1 unspecified atom stereocenters. The average molecular weight is 327 g/mol. The summed E-state index contributed by atoms with van der Waals surface area (Å²) in [6.07, 6.45) is 4.51. The van der Waals surface area contributed by atoms with Crippen molar-refractivity contribution in [3.05, 3.63) is 28.8 Å². The molecular weight excluding hydrogens is 302 g/mol. The zero-order valence-corrected chi connectivity index (χ0v) is 14.1. The van der Waals surface area contributed by atoms with Crippen molar-refractivity contribution in [1.82, 2.24) is 15.5 Å². The van der Waals surface area contributed by atoms with Gasteiger partial charge in [-0.05, 0) is 51.4 Å². The van der Waals surface area contributed by atoms with Gasteiger partial charge in [-0.3, -0.25) is 4.79 Å². The summed E-state index contributed by atoms with van der Waals surface area (Å²) in [6, 6.07) is 4.56. The van der Waals surface area contributed by atoms with Crippen LogP contribution in [0.25, 0.3) is 0 Å². The Balaban J connectivity index is 1.49. The molecule has 128 valence electrons. The summed E-state index contributed by atoms with van der Waals surface area (Å²) < 4.78 is 6.20. The molecule has 4 aliphatic rings. The minimum absolute atomic E-state index is 0.165. The van der Waals surface area contributed by atoms with Crippen LogP contribution in [0.2, 0.25) is 0 Å². The van der Waals surface area contributed by atoms with Gasteiger partial charge < -0.3 is 20.3 Å². The summed E-state index contributed by atoms with van der Waals surface area (Å²) >= 11 is 0. The Labute approximate surface area is 142 Å². The van der Waals surface area contributed by atoms with E-state index in [0.717, 1.165) is 81.9 Å². The van der Waals surface area contributed by atoms with Crippen molar-refractivity contribution in [3.8, 4) is 5.75 Å². The van der Waals surface area contributed by atoms with E-state index in [9.17, 15) is 4.79 Å². The molecule has 1 amide bonds. The lowest BCUT2D eigenvalue weighted by Gasteiger charge is -2.32. The fraction of sp³-hybridized carbons (Fsp3) is 0.632. The molecule has 4 aliphatic heterocycles. The molecule has 5 heteroatoms. The van der Waals surface area contributed by atoms with Gasteiger partial charge in [0, 0.05) is 34.7 Å². The molecule has 0 radical (unpaired) electrons. The maximum atomic E-state index is 12.9. The molecule has 5 rings (SSSR count). The van der Waals surface area contributed by atoms with Crippen molar-refractivity contribution >= 4 is 5.91 Å². The Morgan fingerprint density at radius 3 is 2.83 bits per heavy atom. The van der Waals surface area contributed by atoms with Crippen molar-refractivity contribution in [1.29, 1.82) is 0 Å². The van der Waals surface area contributed by atoms with Gasteiger partial charge >= 0.3 is 0 Å². The number of rotatable bonds is 1. The maximum Gasteiger partial charge on any atom is 0.254 e. The summed E-state index contributed by atoms with van der Waals surface area (Å²) in [6.45, 7) is 5.59. The van der Waals surface area contributed by atoms with Gasteiger partial charge in [0.25, 0.3) is 5.91 Å². The number of carbonyl (C=O) groups excluding carboxylic acids is 1. The van der Waals surface area contributed by atoms with Crippen LogP contribution in [-0.4, -0.2) is 49.6 Å². The van der Waals surface area contributed by atoms with Crippen LogP contribution in [0.1, 0.15) is 47.2 Å². The highest BCUT2D eigenvalue weighted by Crippen LogP contribution is 2.48. The third-order valence-corrected chi connectivity index (χ3v) is 6.42. The number of hydrogen-bond acceptors (Lipinski definition) is 4. The van der Waals surface area contributed by atoms with E-state index in [1.165, 1.54) is 5.56 Å². The van der Waals surface area contributed by atoms with Crippen LogP contribution in [0.3, 0.4) is 0 Å². The van der Waals surface area contributed by atoms with Crippen LogP contribution < -0.4 is 15.4 Å². The van der Waals surface area contributed by atoms with Crippen molar-refractivity contribution in [2.45, 2.75) is 43.7 Å². The zero-order valence-electron chi connectivity index (χ0n) is 14.1. The van der Waals surface area contributed by atoms with E-state index in [4.69, 9.17) is 4.74 Å². The van der Waals surface area contributed by atoms with Crippen LogP contribution >= 0.6 is 0 Å². The molecule has 5 nitrogen and oxygen atoms in total. The first-order valence-corrected chi connectivity index (χ1v) is 9.30. The predicted octanol–water partition coefficient (Wildman–Crippen LogP) is 1.41. The van der Waals surface area contributed by atoms with E-state index < -0.39 is 0 Å². The lowest BCUT2D eigenvalue weighted by atomic mass is 9.74. The van der Waals surface area contributed by atoms with E-state index in [1.54, 1.807) is 0 Å². The third-order valence-electron chi connectivity index (χ3n) is 6.42. The van der Waals surface area contributed by atoms with Gasteiger partial charge in [0.05, 0.1) is 13.2 Å². The molecule has 1 spiro atoms. The number of amides is 1. The molecular formula is C19H25N3O2. The van der Waals surface area contributed by atoms with E-state index in [0.29, 0.717) is 6.04 Å². The highest BCUT2D eigenvalue weighted by molar-refractivity contribution is 5.99. The number of piperidine rings is 2. The number of carbonyl (C=O) groups is 1. The van der Waals surface area contributed by atoms with Crippen LogP contribution in [-0.2, 0) is 12.0 Å². The number of nitrogens with zero attached hydrogens (tertiary/aromatic N) is 1. The summed E-state index contributed by atoms with van der Waals surface area (Å²) in [5.74, 6) is 1.21. The molecule has 1 aromatic rings. The minimum Gasteiger partial charge on any atom is -0.492 e. The number of ether oxygens (including phenoxy) is 1. The summed E-state index contributed by atoms with van der Waals surface area (Å²) in [7, 11) is 0. The number of benzene rings is 1. The number of hydrogen-bond donors (Lipinski definition) is 2. The molecule has 24 heavy (non-hydrogen) atoms. The highest BCUT2D eigenvalue weighted by atomic mass is 16.5. The quantitative estimate of drug-likeness (QED) is 0.819. The van der Waals surface area contributed by atoms with Crippen LogP contribution in [0, 0.1) is 0 Å². The molecule has 0 aromatic heterocycles. The Kier molecular flexibility index (Phi) is 3.35. The molecule has 2 N–H and O–H groups in total. The summed E-state index contributed by atoms with van der Waals surface area (Å²) in [5, 5.41) is 6.88. The van der Waals surface area contributed by atoms with E-state index in [1.807, 2.05) is 0 Å². The topological polar surface area (TPSA) is 53.6 Å². The van der Waals surface area contributed by atoms with E-state index >= 15 is 0 Å². The van der Waals surface area contributed by atoms with Gasteiger partial charge in [0.15, 0.2) is 0 Å². The Hall–Kier alpha value is -1.59. The van der Waals surface area contributed by atoms with Gasteiger partial charge in [-0.1, -0.05) is 6.07 Å². The van der Waals surface area contributed by atoms with Gasteiger partial charge in [0.1, 0.15) is 5.75 Å². The van der Waals surface area contributed by atoms with Crippen molar-refractivity contribution in [3.63, 3.8) is 0 Å². The Bertz CT molecular complexity index is 675. The lowest BCUT2D eigenvalue weighted by molar-refractivity contribution is 0.0674. The van der Waals surface area contributed by atoms with E-state index in [-0.39, 0.29) is 11.3 Å². The largest absolute Gasteiger partial charge is 0.492 e. The van der Waals surface area contributed by atoms with Gasteiger partial charge in [-0.15, -0.1) is 0 Å². The van der Waals surface area contributed by atoms with Gasteiger partial charge in [-0.2, -0.15) is 0 Å². The molecule has 0 saturated carbocycles. The normalized spacial score (nSPS) is 27.9. The molecule has 0 aliphatic carbocycles. The second kappa shape index (κ2) is 5.46. The number of nitrogens with one attached hydrogen (secondary N) is 2. The fourth-order valence-electron chi connectivity index (χ4n) is 4.97. The fourth-order valence-corrected chi connectivity index (χ4v) is 4.97. The zero-order chi connectivity index (χ0) is 16.1. The number of fused-ring (bicyclic) bond motifs is 4. The molecule has 0 bridgehead atoms. The SMILES string of the molecule is O=C1c2ccc3c(c2CN1C1CCCNC1)OCC31CCNCC1. The smallest absolute Gasteiger partial charge is 0.254 e. The minimum atomic E-state index is 0.165. The molecule has 2 saturated heterocycles. The van der Waals surface area contributed by atoms with Crippen molar-refractivity contribution in [2.75, 3.05) is 32.8 Å². The first-order valence-electron chi connectivity index (χ1n) is 9.30. The van der Waals surface area contributed by atoms with Gasteiger partial charge in [-0.25, -0.2) is 0 Å². The predicted molar refractivity (Wildman–Crippen MR) is 91.5 cm³/mol. The maximum absolute atomic E-state index is 12.9.